The zero-order valence-electron chi connectivity index (χ0n) is 25.3. The van der Waals surface area contributed by atoms with Gasteiger partial charge in [-0.15, -0.1) is 53.2 Å². The Kier molecular flexibility index (Phi) is 9.99. The standard InChI is InChI=1S/C26H30NOSi.C11H8N.Ir/c1-7-26(3,8-2)18-15-16-27-21(17-18)19-13-14-23(29(4,5)6)24-20-11-9-10-12-22(20)28-25(19)24;1-2-6-10(7-3-1)11-8-4-5-9-12-11;/h9-12,14-17H,7-8H2,1-6H3;1-6,8-9H;/q2*-1;. The van der Waals surface area contributed by atoms with Crippen LogP contribution in [0.5, 0.6) is 0 Å². The minimum atomic E-state index is -1.57. The molecule has 0 aliphatic heterocycles. The van der Waals surface area contributed by atoms with E-state index in [0.717, 1.165) is 46.5 Å². The number of benzene rings is 3. The Bertz CT molecular complexity index is 1720. The van der Waals surface area contributed by atoms with Gasteiger partial charge >= 0.3 is 0 Å². The maximum Gasteiger partial charge on any atom is 0.120 e. The number of pyridine rings is 2. The van der Waals surface area contributed by atoms with Crippen LogP contribution in [0.3, 0.4) is 0 Å². The number of fused-ring (bicyclic) bond motifs is 3. The van der Waals surface area contributed by atoms with Gasteiger partial charge in [0.05, 0.1) is 5.58 Å². The van der Waals surface area contributed by atoms with E-state index in [-0.39, 0.29) is 25.5 Å². The van der Waals surface area contributed by atoms with Gasteiger partial charge in [0.1, 0.15) is 5.58 Å². The Labute approximate surface area is 264 Å². The molecule has 3 nitrogen and oxygen atoms in total. The van der Waals surface area contributed by atoms with E-state index >= 15 is 0 Å². The Hall–Kier alpha value is -3.37. The fraction of sp³-hybridized carbons (Fsp3) is 0.243. The third-order valence-electron chi connectivity index (χ3n) is 8.18. The van der Waals surface area contributed by atoms with Crippen molar-refractivity contribution >= 4 is 35.2 Å². The number of furan rings is 1. The van der Waals surface area contributed by atoms with Crippen molar-refractivity contribution in [2.45, 2.75) is 58.7 Å². The Morgan fingerprint density at radius 2 is 1.52 bits per heavy atom. The first-order valence-corrected chi connectivity index (χ1v) is 18.0. The maximum absolute atomic E-state index is 6.40. The first-order chi connectivity index (χ1) is 19.7. The maximum atomic E-state index is 6.40. The molecule has 0 saturated carbocycles. The molecule has 217 valence electrons. The van der Waals surface area contributed by atoms with E-state index in [0.29, 0.717) is 0 Å². The van der Waals surface area contributed by atoms with E-state index in [2.05, 4.69) is 93.9 Å². The number of hydrogen-bond acceptors (Lipinski definition) is 3. The molecule has 0 aliphatic carbocycles. The Morgan fingerprint density at radius 1 is 0.810 bits per heavy atom. The fourth-order valence-electron chi connectivity index (χ4n) is 5.23. The van der Waals surface area contributed by atoms with Crippen LogP contribution in [0.4, 0.5) is 0 Å². The molecule has 3 heterocycles. The Balaban J connectivity index is 0.000000261. The van der Waals surface area contributed by atoms with Gasteiger partial charge in [0, 0.05) is 46.0 Å². The van der Waals surface area contributed by atoms with E-state index in [1.54, 1.807) is 6.20 Å². The average Bonchev–Trinajstić information content (AvgIpc) is 3.40. The summed E-state index contributed by atoms with van der Waals surface area (Å²) in [5.74, 6) is 0. The topological polar surface area (TPSA) is 38.9 Å². The molecule has 0 amide bonds. The molecule has 0 atom stereocenters. The van der Waals surface area contributed by atoms with E-state index in [1.165, 1.54) is 21.5 Å². The second kappa shape index (κ2) is 13.3. The first kappa shape index (κ1) is 31.6. The summed E-state index contributed by atoms with van der Waals surface area (Å²) in [4.78, 5) is 8.94. The van der Waals surface area contributed by atoms with E-state index in [1.807, 2.05) is 54.7 Å². The van der Waals surface area contributed by atoms with Crippen molar-refractivity contribution in [3.8, 4) is 22.5 Å². The summed E-state index contributed by atoms with van der Waals surface area (Å²) in [5.41, 5.74) is 7.27. The van der Waals surface area contributed by atoms with Gasteiger partial charge in [-0.3, -0.25) is 0 Å². The molecule has 42 heavy (non-hydrogen) atoms. The summed E-state index contributed by atoms with van der Waals surface area (Å²) < 4.78 is 6.40. The molecule has 0 bridgehead atoms. The first-order valence-electron chi connectivity index (χ1n) is 14.5. The minimum Gasteiger partial charge on any atom is -0.501 e. The quantitative estimate of drug-likeness (QED) is 0.126. The molecule has 0 aliphatic rings. The predicted molar refractivity (Wildman–Crippen MR) is 175 cm³/mol. The zero-order chi connectivity index (χ0) is 29.0. The van der Waals surface area contributed by atoms with E-state index in [9.17, 15) is 0 Å². The zero-order valence-corrected chi connectivity index (χ0v) is 28.7. The van der Waals surface area contributed by atoms with Crippen LogP contribution in [-0.2, 0) is 25.5 Å². The van der Waals surface area contributed by atoms with Crippen LogP contribution in [-0.4, -0.2) is 18.0 Å². The van der Waals surface area contributed by atoms with Crippen molar-refractivity contribution in [2.75, 3.05) is 0 Å². The summed E-state index contributed by atoms with van der Waals surface area (Å²) in [6.07, 6.45) is 5.93. The summed E-state index contributed by atoms with van der Waals surface area (Å²) in [7, 11) is -1.57. The molecule has 0 saturated heterocycles. The van der Waals surface area contributed by atoms with Crippen molar-refractivity contribution in [3.05, 3.63) is 115 Å². The van der Waals surface area contributed by atoms with Crippen molar-refractivity contribution in [1.29, 1.82) is 0 Å². The van der Waals surface area contributed by atoms with Gasteiger partial charge in [-0.2, -0.15) is 0 Å². The van der Waals surface area contributed by atoms with Crippen LogP contribution in [0.2, 0.25) is 19.6 Å². The average molecular weight is 747 g/mol. The molecule has 5 heteroatoms. The number of rotatable bonds is 6. The van der Waals surface area contributed by atoms with Gasteiger partial charge in [-0.25, -0.2) is 0 Å². The van der Waals surface area contributed by atoms with Crippen LogP contribution in [0.1, 0.15) is 39.2 Å². The SMILES string of the molecule is CCC(C)(CC)c1ccnc(-c2[c-]cc([Si](C)(C)C)c3c2oc2ccccc23)c1.[Ir].[c-]1ccccc1-c1ccccn1. The molecule has 6 rings (SSSR count). The number of para-hydroxylation sites is 1. The monoisotopic (exact) mass is 747 g/mol. The third-order valence-corrected chi connectivity index (χ3v) is 10.2. The normalized spacial score (nSPS) is 11.6. The number of aromatic nitrogens is 2. The van der Waals surface area contributed by atoms with Crippen molar-refractivity contribution in [1.82, 2.24) is 9.97 Å². The second-order valence-electron chi connectivity index (χ2n) is 11.8. The summed E-state index contributed by atoms with van der Waals surface area (Å²) in [6.45, 7) is 14.0. The van der Waals surface area contributed by atoms with Crippen molar-refractivity contribution in [2.24, 2.45) is 0 Å². The van der Waals surface area contributed by atoms with Crippen LogP contribution < -0.4 is 5.19 Å². The van der Waals surface area contributed by atoms with E-state index in [4.69, 9.17) is 9.40 Å². The second-order valence-corrected chi connectivity index (χ2v) is 16.9. The molecule has 6 aromatic rings. The largest absolute Gasteiger partial charge is 0.501 e. The summed E-state index contributed by atoms with van der Waals surface area (Å²) in [5, 5.41) is 3.83. The van der Waals surface area contributed by atoms with Crippen LogP contribution in [0, 0.1) is 12.1 Å². The molecule has 3 aromatic carbocycles. The van der Waals surface area contributed by atoms with E-state index < -0.39 is 8.07 Å². The number of hydrogen-bond donors (Lipinski definition) is 0. The van der Waals surface area contributed by atoms with Gasteiger partial charge < -0.3 is 14.4 Å². The fourth-order valence-corrected chi connectivity index (χ4v) is 6.73. The Morgan fingerprint density at radius 3 is 2.19 bits per heavy atom. The third kappa shape index (κ3) is 6.49. The van der Waals surface area contributed by atoms with Gasteiger partial charge in [-0.1, -0.05) is 87.8 Å². The van der Waals surface area contributed by atoms with Crippen molar-refractivity contribution in [3.63, 3.8) is 0 Å². The molecule has 0 N–H and O–H groups in total. The molecule has 3 aromatic heterocycles. The molecule has 0 fully saturated rings. The van der Waals surface area contributed by atoms with Gasteiger partial charge in [-0.05, 0) is 53.4 Å². The number of nitrogens with zero attached hydrogens (tertiary/aromatic N) is 2. The van der Waals surface area contributed by atoms with Crippen molar-refractivity contribution < 1.29 is 24.5 Å². The van der Waals surface area contributed by atoms with Crippen LogP contribution in [0.15, 0.2) is 102 Å². The molecule has 0 spiro atoms. The minimum absolute atomic E-state index is 0. The van der Waals surface area contributed by atoms with Gasteiger partial charge in [0.15, 0.2) is 0 Å². The van der Waals surface area contributed by atoms with Crippen LogP contribution >= 0.6 is 0 Å². The summed E-state index contributed by atoms with van der Waals surface area (Å²) >= 11 is 0. The molecule has 0 unspecified atom stereocenters. The van der Waals surface area contributed by atoms with Gasteiger partial charge in [0.2, 0.25) is 0 Å². The smallest absolute Gasteiger partial charge is 0.120 e. The molecule has 1 radical (unpaired) electrons. The predicted octanol–water partition coefficient (Wildman–Crippen LogP) is 9.62. The van der Waals surface area contributed by atoms with Gasteiger partial charge in [0.25, 0.3) is 0 Å². The summed E-state index contributed by atoms with van der Waals surface area (Å²) in [6, 6.07) is 35.3. The van der Waals surface area contributed by atoms with Crippen LogP contribution in [0.25, 0.3) is 44.5 Å². The molecular weight excluding hydrogens is 709 g/mol. The molecular formula is C37H38IrN2OSi-2.